The number of hydrogen-bond acceptors (Lipinski definition) is 8. The minimum Gasteiger partial charge on any atom is -0.351 e. The fraction of sp³-hybridized carbons (Fsp3) is 0.417. The zero-order chi connectivity index (χ0) is 47.0. The Labute approximate surface area is 373 Å². The van der Waals surface area contributed by atoms with Crippen LogP contribution in [0.3, 0.4) is 0 Å². The van der Waals surface area contributed by atoms with E-state index in [0.29, 0.717) is 0 Å². The summed E-state index contributed by atoms with van der Waals surface area (Å²) in [7, 11) is 0. The molecule has 2 saturated heterocycles. The molecule has 6 N–H and O–H groups in total. The van der Waals surface area contributed by atoms with Crippen LogP contribution in [0.1, 0.15) is 65.5 Å². The van der Waals surface area contributed by atoms with Gasteiger partial charge >= 0.3 is 6.03 Å². The van der Waals surface area contributed by atoms with Crippen molar-refractivity contribution in [3.8, 4) is 0 Å². The second-order valence-corrected chi connectivity index (χ2v) is 18.1. The van der Waals surface area contributed by atoms with Gasteiger partial charge in [-0.2, -0.15) is 4.99 Å². The zero-order valence-corrected chi connectivity index (χ0v) is 37.3. The number of urea groups is 1. The molecule has 16 heteroatoms. The van der Waals surface area contributed by atoms with Gasteiger partial charge in [0.25, 0.3) is 0 Å². The van der Waals surface area contributed by atoms with Gasteiger partial charge in [0.2, 0.25) is 17.9 Å². The molecule has 2 aliphatic rings. The SMILES string of the molecule is CC(C)(C)[C@H](N)C(=O)N[C@@H]1CCN(Cc2ccccc2)C1.CC(C)(C)[C@H](NC(=O)Nc1cc(F)ccc1F)C(=O)N[C@@H]1CCN(Cc2ccccc2)C1.O=C=Nc1cc(F)ccc1F. The largest absolute Gasteiger partial charge is 0.351 e. The van der Waals surface area contributed by atoms with Gasteiger partial charge in [-0.25, -0.2) is 27.2 Å². The van der Waals surface area contributed by atoms with Crippen LogP contribution in [-0.4, -0.2) is 84.1 Å². The number of carbonyl (C=O) groups excluding carboxylic acids is 4. The molecule has 2 aliphatic heterocycles. The summed E-state index contributed by atoms with van der Waals surface area (Å²) in [6.45, 7) is 16.7. The van der Waals surface area contributed by atoms with E-state index in [9.17, 15) is 36.7 Å². The van der Waals surface area contributed by atoms with Crippen LogP contribution < -0.4 is 27.0 Å². The minimum absolute atomic E-state index is 0.0263. The van der Waals surface area contributed by atoms with Crippen molar-refractivity contribution in [2.45, 2.75) is 91.6 Å². The monoisotopic (exact) mass is 888 g/mol. The number of nitrogens with one attached hydrogen (secondary N) is 4. The molecule has 0 bridgehead atoms. The second-order valence-electron chi connectivity index (χ2n) is 18.1. The van der Waals surface area contributed by atoms with E-state index in [1.165, 1.54) is 11.1 Å². The van der Waals surface area contributed by atoms with Crippen molar-refractivity contribution in [3.05, 3.63) is 131 Å². The van der Waals surface area contributed by atoms with Crippen LogP contribution >= 0.6 is 0 Å². The van der Waals surface area contributed by atoms with Crippen molar-refractivity contribution in [1.82, 2.24) is 25.8 Å². The standard InChI is InChI=1S/C24H30F2N4O2.C17H27N3O.C7H3F2NO/c1-24(2,3)21(29-23(32)28-20-13-17(25)9-10-19(20)26)22(31)27-18-11-12-30(15-18)14-16-7-5-4-6-8-16;1-17(2,3)15(18)16(21)19-14-9-10-20(12-14)11-13-7-5-4-6-8-13;8-5-1-2-6(9)7(3-5)10-4-11/h4-10,13,18,21H,11-12,14-15H2,1-3H3,(H,27,31)(H2,28,29,32);4-8,14-15H,9-12,18H2,1-3H3,(H,19,21);1-3H/t18-,21-;14-,15-;/m11./s1. The number of halogens is 4. The van der Waals surface area contributed by atoms with Gasteiger partial charge in [0.05, 0.1) is 11.7 Å². The highest BCUT2D eigenvalue weighted by molar-refractivity contribution is 5.94. The number of benzene rings is 4. The third-order valence-corrected chi connectivity index (χ3v) is 10.6. The molecule has 4 atom stereocenters. The van der Waals surface area contributed by atoms with E-state index in [1.807, 2.05) is 65.8 Å². The Morgan fingerprint density at radius 1 is 0.703 bits per heavy atom. The zero-order valence-electron chi connectivity index (χ0n) is 37.3. The molecule has 344 valence electrons. The van der Waals surface area contributed by atoms with E-state index < -0.39 is 46.8 Å². The molecular weight excluding hydrogens is 829 g/mol. The first-order valence-electron chi connectivity index (χ1n) is 21.2. The molecular formula is C48H60F4N8O4. The Bertz CT molecular complexity index is 2200. The van der Waals surface area contributed by atoms with Crippen molar-refractivity contribution >= 4 is 35.3 Å². The third kappa shape index (κ3) is 16.6. The second kappa shape index (κ2) is 23.7. The number of anilines is 1. The molecule has 4 amide bonds. The molecule has 64 heavy (non-hydrogen) atoms. The molecule has 4 aromatic rings. The Morgan fingerprint density at radius 2 is 1.19 bits per heavy atom. The highest BCUT2D eigenvalue weighted by Crippen LogP contribution is 2.23. The number of amides is 4. The Hall–Kier alpha value is -5.93. The van der Waals surface area contributed by atoms with Crippen LogP contribution in [0, 0.1) is 34.1 Å². The van der Waals surface area contributed by atoms with Gasteiger partial charge in [0, 0.05) is 63.5 Å². The molecule has 0 aliphatic carbocycles. The lowest BCUT2D eigenvalue weighted by Crippen LogP contribution is -2.56. The molecule has 0 aromatic heterocycles. The maximum atomic E-state index is 13.8. The fourth-order valence-corrected chi connectivity index (χ4v) is 7.02. The van der Waals surface area contributed by atoms with Crippen molar-refractivity contribution in [1.29, 1.82) is 0 Å². The topological polar surface area (TPSA) is 161 Å². The van der Waals surface area contributed by atoms with E-state index in [0.717, 1.165) is 94.6 Å². The van der Waals surface area contributed by atoms with E-state index in [4.69, 9.17) is 5.73 Å². The van der Waals surface area contributed by atoms with Gasteiger partial charge in [-0.15, -0.1) is 0 Å². The van der Waals surface area contributed by atoms with Crippen molar-refractivity contribution in [3.63, 3.8) is 0 Å². The first kappa shape index (κ1) is 50.7. The van der Waals surface area contributed by atoms with E-state index in [2.05, 4.69) is 72.5 Å². The van der Waals surface area contributed by atoms with Gasteiger partial charge < -0.3 is 27.0 Å². The van der Waals surface area contributed by atoms with Crippen LogP contribution in [0.25, 0.3) is 0 Å². The van der Waals surface area contributed by atoms with Gasteiger partial charge in [0.1, 0.15) is 35.0 Å². The Morgan fingerprint density at radius 3 is 1.67 bits per heavy atom. The maximum Gasteiger partial charge on any atom is 0.319 e. The summed E-state index contributed by atoms with van der Waals surface area (Å²) in [4.78, 5) is 54.9. The summed E-state index contributed by atoms with van der Waals surface area (Å²) in [5.74, 6) is -3.15. The van der Waals surface area contributed by atoms with Crippen LogP contribution in [0.5, 0.6) is 0 Å². The van der Waals surface area contributed by atoms with Crippen LogP contribution in [-0.2, 0) is 27.5 Å². The molecule has 0 saturated carbocycles. The summed E-state index contributed by atoms with van der Waals surface area (Å²) in [6.07, 6.45) is 2.93. The average molecular weight is 889 g/mol. The van der Waals surface area contributed by atoms with E-state index in [1.54, 1.807) is 0 Å². The number of aliphatic imine (C=N–C) groups is 1. The number of carbonyl (C=O) groups is 3. The van der Waals surface area contributed by atoms with Crippen molar-refractivity contribution < 1.29 is 36.7 Å². The van der Waals surface area contributed by atoms with Crippen LogP contribution in [0.4, 0.5) is 33.7 Å². The molecule has 0 radical (unpaired) electrons. The predicted molar refractivity (Wildman–Crippen MR) is 240 cm³/mol. The molecule has 2 fully saturated rings. The predicted octanol–water partition coefficient (Wildman–Crippen LogP) is 7.57. The summed E-state index contributed by atoms with van der Waals surface area (Å²) < 4.78 is 52.0. The van der Waals surface area contributed by atoms with Crippen molar-refractivity contribution in [2.75, 3.05) is 31.5 Å². The summed E-state index contributed by atoms with van der Waals surface area (Å²) in [6, 6.07) is 24.1. The first-order valence-corrected chi connectivity index (χ1v) is 21.2. The normalized spacial score (nSPS) is 17.3. The lowest BCUT2D eigenvalue weighted by molar-refractivity contribution is -0.126. The number of hydrogen-bond donors (Lipinski definition) is 5. The van der Waals surface area contributed by atoms with E-state index in [-0.39, 0.29) is 40.7 Å². The Balaban J connectivity index is 0.000000239. The minimum atomic E-state index is -0.859. The number of nitrogens with zero attached hydrogens (tertiary/aromatic N) is 3. The van der Waals surface area contributed by atoms with Gasteiger partial charge in [-0.05, 0) is 59.1 Å². The molecule has 12 nitrogen and oxygen atoms in total. The molecule has 4 aromatic carbocycles. The smallest absolute Gasteiger partial charge is 0.319 e. The highest BCUT2D eigenvalue weighted by Gasteiger charge is 2.35. The fourth-order valence-electron chi connectivity index (χ4n) is 7.02. The van der Waals surface area contributed by atoms with Gasteiger partial charge in [-0.1, -0.05) is 102 Å². The molecule has 6 rings (SSSR count). The number of rotatable bonds is 11. The van der Waals surface area contributed by atoms with Crippen molar-refractivity contribution in [2.24, 2.45) is 21.6 Å². The summed E-state index contributed by atoms with van der Waals surface area (Å²) in [5, 5.41) is 11.0. The Kier molecular flexibility index (Phi) is 18.8. The van der Waals surface area contributed by atoms with Gasteiger partial charge in [0.15, 0.2) is 0 Å². The quantitative estimate of drug-likeness (QED) is 0.0590. The van der Waals surface area contributed by atoms with E-state index >= 15 is 0 Å². The highest BCUT2D eigenvalue weighted by atomic mass is 19.1. The molecule has 2 heterocycles. The maximum absolute atomic E-state index is 13.8. The first-order chi connectivity index (χ1) is 30.2. The third-order valence-electron chi connectivity index (χ3n) is 10.6. The number of nitrogens with two attached hydrogens (primary N) is 1. The molecule has 0 spiro atoms. The number of isocyanates is 1. The summed E-state index contributed by atoms with van der Waals surface area (Å²) in [5.41, 5.74) is 7.12. The molecule has 0 unspecified atom stereocenters. The average Bonchev–Trinajstić information content (AvgIpc) is 3.88. The lowest BCUT2D eigenvalue weighted by atomic mass is 9.86. The van der Waals surface area contributed by atoms with Crippen LogP contribution in [0.15, 0.2) is 102 Å². The van der Waals surface area contributed by atoms with Crippen LogP contribution in [0.2, 0.25) is 0 Å². The number of likely N-dealkylation sites (tertiary alicyclic amines) is 2. The van der Waals surface area contributed by atoms with Gasteiger partial charge in [-0.3, -0.25) is 19.4 Å². The summed E-state index contributed by atoms with van der Waals surface area (Å²) >= 11 is 0. The lowest BCUT2D eigenvalue weighted by Gasteiger charge is -2.31.